The van der Waals surface area contributed by atoms with Crippen molar-refractivity contribution in [2.24, 2.45) is 0 Å². The van der Waals surface area contributed by atoms with Gasteiger partial charge in [0, 0.05) is 19.0 Å². The van der Waals surface area contributed by atoms with Crippen LogP contribution in [0.1, 0.15) is 17.0 Å². The van der Waals surface area contributed by atoms with Gasteiger partial charge in [0.1, 0.15) is 5.82 Å². The number of piperazine rings is 1. The molecule has 154 valence electrons. The van der Waals surface area contributed by atoms with Gasteiger partial charge in [0.25, 0.3) is 0 Å². The Morgan fingerprint density at radius 1 is 1.00 bits per heavy atom. The van der Waals surface area contributed by atoms with Crippen LogP contribution in [0.15, 0.2) is 72.8 Å². The number of nitriles is 1. The number of piperidine rings is 1. The molecule has 2 heterocycles. The number of anilines is 1. The molecule has 2 amide bonds. The van der Waals surface area contributed by atoms with Crippen molar-refractivity contribution < 1.29 is 9.18 Å². The van der Waals surface area contributed by atoms with Crippen LogP contribution in [0, 0.1) is 17.1 Å². The number of urea groups is 1. The van der Waals surface area contributed by atoms with Crippen LogP contribution < -0.4 is 10.6 Å². The van der Waals surface area contributed by atoms with Gasteiger partial charge in [-0.15, -0.1) is 0 Å². The van der Waals surface area contributed by atoms with Crippen molar-refractivity contribution >= 4 is 11.7 Å². The first-order chi connectivity index (χ1) is 15.2. The number of hydrogen-bond donors (Lipinski definition) is 2. The lowest BCUT2D eigenvalue weighted by molar-refractivity contribution is 0.00199. The first-order valence-electron chi connectivity index (χ1n) is 10.3. The Hall–Kier alpha value is -3.69. The molecule has 3 aromatic rings. The van der Waals surface area contributed by atoms with Gasteiger partial charge in [-0.2, -0.15) is 5.26 Å². The second-order valence-electron chi connectivity index (χ2n) is 7.95. The third kappa shape index (κ3) is 3.43. The standard InChI is InChI=1S/C25H21FN4O/c26-20-6-1-2-7-21(20)29-25(31)30-22-14-28-15-23(30)24(22)18-10-8-17(9-11-18)19-5-3-4-16(12-19)13-27/h1-12,22-24,28H,14-15H2,(H,29,31)/t22-,23+,24?. The smallest absolute Gasteiger partial charge is 0.315 e. The van der Waals surface area contributed by atoms with Crippen LogP contribution in [0.3, 0.4) is 0 Å². The molecular weight excluding hydrogens is 391 g/mol. The van der Waals surface area contributed by atoms with Crippen molar-refractivity contribution in [3.05, 3.63) is 89.7 Å². The van der Waals surface area contributed by atoms with Crippen LogP contribution in [0.5, 0.6) is 0 Å². The Morgan fingerprint density at radius 2 is 1.74 bits per heavy atom. The molecule has 5 rings (SSSR count). The highest BCUT2D eigenvalue weighted by atomic mass is 19.1. The monoisotopic (exact) mass is 412 g/mol. The first-order valence-corrected chi connectivity index (χ1v) is 10.3. The summed E-state index contributed by atoms with van der Waals surface area (Å²) in [7, 11) is 0. The van der Waals surface area contributed by atoms with Gasteiger partial charge in [0.2, 0.25) is 0 Å². The van der Waals surface area contributed by atoms with Crippen molar-refractivity contribution in [2.75, 3.05) is 18.4 Å². The van der Waals surface area contributed by atoms with E-state index in [-0.39, 0.29) is 29.7 Å². The summed E-state index contributed by atoms with van der Waals surface area (Å²) in [4.78, 5) is 14.7. The zero-order valence-corrected chi connectivity index (χ0v) is 16.8. The van der Waals surface area contributed by atoms with Crippen molar-refractivity contribution in [3.8, 4) is 17.2 Å². The Kier molecular flexibility index (Phi) is 4.89. The summed E-state index contributed by atoms with van der Waals surface area (Å²) in [6.45, 7) is 1.41. The lowest BCUT2D eigenvalue weighted by Crippen LogP contribution is -2.74. The van der Waals surface area contributed by atoms with E-state index in [2.05, 4.69) is 41.0 Å². The maximum absolute atomic E-state index is 13.9. The average Bonchev–Trinajstić information content (AvgIpc) is 2.81. The summed E-state index contributed by atoms with van der Waals surface area (Å²) in [6.07, 6.45) is 0. The van der Waals surface area contributed by atoms with Gasteiger partial charge in [-0.1, -0.05) is 48.5 Å². The van der Waals surface area contributed by atoms with Crippen molar-refractivity contribution in [1.82, 2.24) is 10.2 Å². The van der Waals surface area contributed by atoms with Gasteiger partial charge in [0.15, 0.2) is 0 Å². The van der Waals surface area contributed by atoms with Crippen LogP contribution in [-0.4, -0.2) is 36.1 Å². The second kappa shape index (κ2) is 7.86. The fraction of sp³-hybridized carbons (Fsp3) is 0.200. The Morgan fingerprint density at radius 3 is 2.45 bits per heavy atom. The molecule has 6 heteroatoms. The van der Waals surface area contributed by atoms with E-state index in [0.717, 1.165) is 11.1 Å². The largest absolute Gasteiger partial charge is 0.322 e. The first kappa shape index (κ1) is 19.3. The molecule has 3 aromatic carbocycles. The van der Waals surface area contributed by atoms with Gasteiger partial charge in [-0.3, -0.25) is 0 Å². The van der Waals surface area contributed by atoms with Gasteiger partial charge in [-0.25, -0.2) is 9.18 Å². The summed E-state index contributed by atoms with van der Waals surface area (Å²) in [5.41, 5.74) is 4.08. The van der Waals surface area contributed by atoms with Crippen LogP contribution in [0.25, 0.3) is 11.1 Å². The normalized spacial score (nSPS) is 21.7. The number of carbonyl (C=O) groups excluding carboxylic acids is 1. The number of amides is 2. The maximum atomic E-state index is 13.9. The highest BCUT2D eigenvalue weighted by molar-refractivity contribution is 5.91. The predicted molar refractivity (Wildman–Crippen MR) is 117 cm³/mol. The van der Waals surface area contributed by atoms with Crippen LogP contribution in [-0.2, 0) is 0 Å². The third-order valence-electron chi connectivity index (χ3n) is 6.22. The number of halogens is 1. The van der Waals surface area contributed by atoms with Crippen molar-refractivity contribution in [1.29, 1.82) is 5.26 Å². The average molecular weight is 412 g/mol. The molecule has 1 unspecified atom stereocenters. The predicted octanol–water partition coefficient (Wildman–Crippen LogP) is 4.34. The summed E-state index contributed by atoms with van der Waals surface area (Å²) < 4.78 is 13.9. The van der Waals surface area contributed by atoms with E-state index in [1.165, 1.54) is 11.6 Å². The van der Waals surface area contributed by atoms with E-state index < -0.39 is 5.82 Å². The molecule has 2 aliphatic heterocycles. The maximum Gasteiger partial charge on any atom is 0.322 e. The number of benzene rings is 3. The number of nitrogens with one attached hydrogen (secondary N) is 2. The topological polar surface area (TPSA) is 68.2 Å². The summed E-state index contributed by atoms with van der Waals surface area (Å²) >= 11 is 0. The molecule has 31 heavy (non-hydrogen) atoms. The van der Waals surface area contributed by atoms with Gasteiger partial charge < -0.3 is 15.5 Å². The number of carbonyl (C=O) groups is 1. The summed E-state index contributed by atoms with van der Waals surface area (Å²) in [5, 5.41) is 15.2. The van der Waals surface area contributed by atoms with E-state index in [1.807, 2.05) is 23.1 Å². The fourth-order valence-electron chi connectivity index (χ4n) is 4.73. The number of para-hydroxylation sites is 1. The molecule has 0 aliphatic carbocycles. The highest BCUT2D eigenvalue weighted by Gasteiger charge is 2.53. The summed E-state index contributed by atoms with van der Waals surface area (Å²) in [5.74, 6) is -0.195. The molecule has 0 saturated carbocycles. The molecular formula is C25H21FN4O. The van der Waals surface area contributed by atoms with Gasteiger partial charge in [0.05, 0.1) is 29.4 Å². The molecule has 0 aromatic heterocycles. The van der Waals surface area contributed by atoms with Crippen LogP contribution in [0.4, 0.5) is 14.9 Å². The summed E-state index contributed by atoms with van der Waals surface area (Å²) in [6, 6.07) is 24.1. The minimum absolute atomic E-state index is 0.0262. The number of nitrogens with zero attached hydrogens (tertiary/aromatic N) is 2. The van der Waals surface area contributed by atoms with Crippen molar-refractivity contribution in [2.45, 2.75) is 18.0 Å². The zero-order chi connectivity index (χ0) is 21.4. The Labute approximate surface area is 180 Å². The van der Waals surface area contributed by atoms with Crippen molar-refractivity contribution in [3.63, 3.8) is 0 Å². The number of likely N-dealkylation sites (tertiary alicyclic amines) is 1. The quantitative estimate of drug-likeness (QED) is 0.673. The molecule has 2 N–H and O–H groups in total. The van der Waals surface area contributed by atoms with E-state index >= 15 is 0 Å². The Balaban J connectivity index is 1.33. The Bertz CT molecular complexity index is 1160. The molecule has 5 nitrogen and oxygen atoms in total. The van der Waals surface area contributed by atoms with Gasteiger partial charge in [-0.05, 0) is 41.0 Å². The van der Waals surface area contributed by atoms with E-state index in [9.17, 15) is 9.18 Å². The molecule has 2 fully saturated rings. The minimum Gasteiger partial charge on any atom is -0.315 e. The number of hydrogen-bond acceptors (Lipinski definition) is 3. The second-order valence-corrected chi connectivity index (χ2v) is 7.95. The van der Waals surface area contributed by atoms with E-state index in [4.69, 9.17) is 5.26 Å². The SMILES string of the molecule is N#Cc1cccc(-c2ccc(C3[C@H]4CNC[C@@H]3N4C(=O)Nc3ccccc3F)cc2)c1. The van der Waals surface area contributed by atoms with Gasteiger partial charge >= 0.3 is 6.03 Å². The highest BCUT2D eigenvalue weighted by Crippen LogP contribution is 2.43. The number of rotatable bonds is 3. The zero-order valence-electron chi connectivity index (χ0n) is 16.8. The molecule has 0 spiro atoms. The van der Waals surface area contributed by atoms with E-state index in [1.54, 1.807) is 24.3 Å². The molecule has 2 bridgehead atoms. The molecule has 0 radical (unpaired) electrons. The third-order valence-corrected chi connectivity index (χ3v) is 6.22. The lowest BCUT2D eigenvalue weighted by atomic mass is 9.72. The molecule has 3 atom stereocenters. The minimum atomic E-state index is -0.438. The lowest BCUT2D eigenvalue weighted by Gasteiger charge is -2.59. The fourth-order valence-corrected chi connectivity index (χ4v) is 4.73. The molecule has 2 aliphatic rings. The molecule has 2 saturated heterocycles. The van der Waals surface area contributed by atoms with Crippen LogP contribution >= 0.6 is 0 Å². The number of fused-ring (bicyclic) bond motifs is 2. The van der Waals surface area contributed by atoms with Crippen LogP contribution in [0.2, 0.25) is 0 Å². The van der Waals surface area contributed by atoms with E-state index in [0.29, 0.717) is 18.7 Å².